The van der Waals surface area contributed by atoms with Gasteiger partial charge in [-0.2, -0.15) is 0 Å². The lowest BCUT2D eigenvalue weighted by molar-refractivity contribution is 0.187. The second-order valence-electron chi connectivity index (χ2n) is 5.30. The summed E-state index contributed by atoms with van der Waals surface area (Å²) in [7, 11) is 0. The highest BCUT2D eigenvalue weighted by Gasteiger charge is 2.24. The zero-order chi connectivity index (χ0) is 11.3. The average molecular weight is 213 g/mol. The second-order valence-corrected chi connectivity index (χ2v) is 5.30. The number of nitrogens with one attached hydrogen (secondary N) is 1. The minimum absolute atomic E-state index is 0.228. The molecule has 0 amide bonds. The fourth-order valence-electron chi connectivity index (χ4n) is 2.72. The monoisotopic (exact) mass is 213 g/mol. The first-order valence-corrected chi connectivity index (χ1v) is 6.52. The molecule has 2 N–H and O–H groups in total. The molecule has 1 aliphatic carbocycles. The molecule has 0 saturated heterocycles. The molecule has 15 heavy (non-hydrogen) atoms. The van der Waals surface area contributed by atoms with Crippen molar-refractivity contribution in [3.05, 3.63) is 0 Å². The van der Waals surface area contributed by atoms with Crippen LogP contribution in [0.15, 0.2) is 0 Å². The van der Waals surface area contributed by atoms with Gasteiger partial charge in [0.1, 0.15) is 0 Å². The fourth-order valence-corrected chi connectivity index (χ4v) is 2.72. The zero-order valence-corrected chi connectivity index (χ0v) is 10.5. The SMILES string of the molecule is CC(N[C@H](C)CO)C(C)C1CCCCC1. The van der Waals surface area contributed by atoms with Crippen LogP contribution in [0.5, 0.6) is 0 Å². The second kappa shape index (κ2) is 6.49. The van der Waals surface area contributed by atoms with Gasteiger partial charge in [0.2, 0.25) is 0 Å². The molecular weight excluding hydrogens is 186 g/mol. The molecule has 0 radical (unpaired) electrons. The van der Waals surface area contributed by atoms with Crippen LogP contribution in [0.3, 0.4) is 0 Å². The van der Waals surface area contributed by atoms with Crippen molar-refractivity contribution in [3.63, 3.8) is 0 Å². The molecule has 0 aliphatic heterocycles. The third-order valence-electron chi connectivity index (χ3n) is 4.00. The van der Waals surface area contributed by atoms with Gasteiger partial charge in [-0.3, -0.25) is 0 Å². The number of hydrogen-bond acceptors (Lipinski definition) is 2. The summed E-state index contributed by atoms with van der Waals surface area (Å²) in [6.07, 6.45) is 7.06. The van der Waals surface area contributed by atoms with Crippen molar-refractivity contribution in [1.29, 1.82) is 0 Å². The van der Waals surface area contributed by atoms with Crippen molar-refractivity contribution in [2.75, 3.05) is 6.61 Å². The Labute approximate surface area is 94.5 Å². The van der Waals surface area contributed by atoms with Gasteiger partial charge in [-0.1, -0.05) is 39.0 Å². The lowest BCUT2D eigenvalue weighted by Crippen LogP contribution is -2.42. The van der Waals surface area contributed by atoms with E-state index >= 15 is 0 Å². The van der Waals surface area contributed by atoms with Gasteiger partial charge in [0.05, 0.1) is 6.61 Å². The third kappa shape index (κ3) is 4.12. The van der Waals surface area contributed by atoms with Crippen LogP contribution in [0, 0.1) is 11.8 Å². The maximum atomic E-state index is 9.01. The van der Waals surface area contributed by atoms with Gasteiger partial charge in [-0.05, 0) is 25.7 Å². The minimum atomic E-state index is 0.228. The van der Waals surface area contributed by atoms with Crippen LogP contribution in [-0.2, 0) is 0 Å². The van der Waals surface area contributed by atoms with E-state index in [1.54, 1.807) is 0 Å². The lowest BCUT2D eigenvalue weighted by Gasteiger charge is -2.33. The van der Waals surface area contributed by atoms with Gasteiger partial charge < -0.3 is 10.4 Å². The van der Waals surface area contributed by atoms with E-state index in [4.69, 9.17) is 5.11 Å². The van der Waals surface area contributed by atoms with Crippen molar-refractivity contribution in [3.8, 4) is 0 Å². The van der Waals surface area contributed by atoms with Crippen molar-refractivity contribution < 1.29 is 5.11 Å². The van der Waals surface area contributed by atoms with Gasteiger partial charge in [0.15, 0.2) is 0 Å². The molecule has 0 bridgehead atoms. The van der Waals surface area contributed by atoms with E-state index in [-0.39, 0.29) is 12.6 Å². The Kier molecular flexibility index (Phi) is 5.62. The Morgan fingerprint density at radius 3 is 2.27 bits per heavy atom. The molecule has 2 heteroatoms. The molecule has 1 saturated carbocycles. The van der Waals surface area contributed by atoms with Crippen molar-refractivity contribution >= 4 is 0 Å². The summed E-state index contributed by atoms with van der Waals surface area (Å²) in [5, 5.41) is 12.5. The predicted molar refractivity (Wildman–Crippen MR) is 64.9 cm³/mol. The van der Waals surface area contributed by atoms with Crippen molar-refractivity contribution in [2.24, 2.45) is 11.8 Å². The summed E-state index contributed by atoms with van der Waals surface area (Å²) < 4.78 is 0. The van der Waals surface area contributed by atoms with Gasteiger partial charge in [-0.25, -0.2) is 0 Å². The Morgan fingerprint density at radius 2 is 1.73 bits per heavy atom. The highest BCUT2D eigenvalue weighted by atomic mass is 16.3. The molecule has 0 aromatic carbocycles. The molecule has 1 aliphatic rings. The molecule has 0 heterocycles. The largest absolute Gasteiger partial charge is 0.395 e. The number of aliphatic hydroxyl groups is 1. The van der Waals surface area contributed by atoms with E-state index in [2.05, 4.69) is 19.2 Å². The summed E-state index contributed by atoms with van der Waals surface area (Å²) >= 11 is 0. The standard InChI is InChI=1S/C13H27NO/c1-10(9-15)14-12(3)11(2)13-7-5-4-6-8-13/h10-15H,4-9H2,1-3H3/t10-,11?,12?/m1/s1. The maximum absolute atomic E-state index is 9.01. The van der Waals surface area contributed by atoms with E-state index in [0.29, 0.717) is 6.04 Å². The molecule has 1 rings (SSSR count). The molecule has 3 atom stereocenters. The maximum Gasteiger partial charge on any atom is 0.0582 e. The van der Waals surface area contributed by atoms with E-state index in [0.717, 1.165) is 11.8 Å². The Bertz CT molecular complexity index is 166. The predicted octanol–water partition coefficient (Wildman–Crippen LogP) is 2.56. The summed E-state index contributed by atoms with van der Waals surface area (Å²) in [6, 6.07) is 0.751. The average Bonchev–Trinajstić information content (AvgIpc) is 2.29. The van der Waals surface area contributed by atoms with Crippen LogP contribution in [-0.4, -0.2) is 23.8 Å². The lowest BCUT2D eigenvalue weighted by atomic mass is 9.78. The van der Waals surface area contributed by atoms with Crippen molar-refractivity contribution in [2.45, 2.75) is 65.0 Å². The summed E-state index contributed by atoms with van der Waals surface area (Å²) in [6.45, 7) is 6.90. The topological polar surface area (TPSA) is 32.3 Å². The molecule has 1 fully saturated rings. The number of rotatable bonds is 5. The third-order valence-corrected chi connectivity index (χ3v) is 4.00. The molecule has 2 nitrogen and oxygen atoms in total. The molecule has 2 unspecified atom stereocenters. The first-order valence-electron chi connectivity index (χ1n) is 6.52. The molecule has 0 aromatic heterocycles. The first kappa shape index (κ1) is 13.0. The summed E-state index contributed by atoms with van der Waals surface area (Å²) in [5.41, 5.74) is 0. The van der Waals surface area contributed by atoms with E-state index < -0.39 is 0 Å². The quantitative estimate of drug-likeness (QED) is 0.735. The van der Waals surface area contributed by atoms with E-state index in [1.165, 1.54) is 32.1 Å². The van der Waals surface area contributed by atoms with Gasteiger partial charge in [-0.15, -0.1) is 0 Å². The normalized spacial score (nSPS) is 24.8. The van der Waals surface area contributed by atoms with E-state index in [9.17, 15) is 0 Å². The smallest absolute Gasteiger partial charge is 0.0582 e. The highest BCUT2D eigenvalue weighted by Crippen LogP contribution is 2.31. The van der Waals surface area contributed by atoms with E-state index in [1.807, 2.05) is 6.92 Å². The molecule has 90 valence electrons. The van der Waals surface area contributed by atoms with Gasteiger partial charge >= 0.3 is 0 Å². The van der Waals surface area contributed by atoms with Gasteiger partial charge in [0.25, 0.3) is 0 Å². The van der Waals surface area contributed by atoms with Crippen LogP contribution in [0.4, 0.5) is 0 Å². The van der Waals surface area contributed by atoms with Crippen LogP contribution >= 0.6 is 0 Å². The minimum Gasteiger partial charge on any atom is -0.395 e. The van der Waals surface area contributed by atoms with Crippen LogP contribution in [0.25, 0.3) is 0 Å². The molecular formula is C13H27NO. The number of aliphatic hydroxyl groups excluding tert-OH is 1. The Balaban J connectivity index is 2.33. The summed E-state index contributed by atoms with van der Waals surface area (Å²) in [4.78, 5) is 0. The Morgan fingerprint density at radius 1 is 1.13 bits per heavy atom. The van der Waals surface area contributed by atoms with Crippen molar-refractivity contribution in [1.82, 2.24) is 5.32 Å². The van der Waals surface area contributed by atoms with Gasteiger partial charge in [0, 0.05) is 12.1 Å². The fraction of sp³-hybridized carbons (Fsp3) is 1.00. The summed E-state index contributed by atoms with van der Waals surface area (Å²) in [5.74, 6) is 1.63. The van der Waals surface area contributed by atoms with Crippen LogP contribution in [0.2, 0.25) is 0 Å². The Hall–Kier alpha value is -0.0800. The first-order chi connectivity index (χ1) is 7.15. The van der Waals surface area contributed by atoms with Crippen LogP contribution < -0.4 is 5.32 Å². The zero-order valence-electron chi connectivity index (χ0n) is 10.5. The highest BCUT2D eigenvalue weighted by molar-refractivity contribution is 4.79. The number of hydrogen-bond donors (Lipinski definition) is 2. The van der Waals surface area contributed by atoms with Crippen LogP contribution in [0.1, 0.15) is 52.9 Å². The molecule has 0 spiro atoms. The molecule has 0 aromatic rings.